The molecule has 1 aliphatic heterocycles. The lowest BCUT2D eigenvalue weighted by molar-refractivity contribution is -0.384. The normalized spacial score (nSPS) is 19.4. The monoisotopic (exact) mass is 282 g/mol. The van der Waals surface area contributed by atoms with E-state index in [1.807, 2.05) is 0 Å². The number of anilines is 1. The minimum atomic E-state index is -1.01. The van der Waals surface area contributed by atoms with E-state index in [1.54, 1.807) is 0 Å². The number of nitrogens with zero attached hydrogens (tertiary/aromatic N) is 2. The van der Waals surface area contributed by atoms with E-state index in [9.17, 15) is 24.4 Å². The molecule has 1 aromatic carbocycles. The second kappa shape index (κ2) is 5.85. The molecule has 1 saturated heterocycles. The van der Waals surface area contributed by atoms with Gasteiger partial charge in [-0.3, -0.25) is 10.1 Å². The number of aliphatic carboxylic acids is 1. The third kappa shape index (κ3) is 2.87. The molecule has 0 amide bonds. The van der Waals surface area contributed by atoms with Crippen LogP contribution in [0.3, 0.4) is 0 Å². The van der Waals surface area contributed by atoms with Crippen LogP contribution in [-0.2, 0) is 4.79 Å². The molecule has 0 aliphatic carbocycles. The lowest BCUT2D eigenvalue weighted by atomic mass is 10.1. The van der Waals surface area contributed by atoms with Gasteiger partial charge >= 0.3 is 5.97 Å². The Morgan fingerprint density at radius 2 is 2.15 bits per heavy atom. The third-order valence-corrected chi connectivity index (χ3v) is 3.48. The van der Waals surface area contributed by atoms with Crippen LogP contribution in [0.4, 0.5) is 15.8 Å². The van der Waals surface area contributed by atoms with Crippen LogP contribution >= 0.6 is 0 Å². The summed E-state index contributed by atoms with van der Waals surface area (Å²) in [5.74, 6) is -1.72. The number of hydrogen-bond donors (Lipinski definition) is 1. The molecule has 20 heavy (non-hydrogen) atoms. The molecule has 1 heterocycles. The maximum atomic E-state index is 13.2. The van der Waals surface area contributed by atoms with Crippen molar-refractivity contribution >= 4 is 17.3 Å². The number of nitro benzene ring substituents is 1. The Hall–Kier alpha value is -2.18. The molecule has 1 unspecified atom stereocenters. The quantitative estimate of drug-likeness (QED) is 0.680. The maximum absolute atomic E-state index is 13.2. The van der Waals surface area contributed by atoms with Crippen molar-refractivity contribution in [3.63, 3.8) is 0 Å². The van der Waals surface area contributed by atoms with Crippen LogP contribution in [0.1, 0.15) is 25.7 Å². The Morgan fingerprint density at radius 1 is 1.40 bits per heavy atom. The van der Waals surface area contributed by atoms with Crippen molar-refractivity contribution in [2.24, 2.45) is 0 Å². The molecular weight excluding hydrogens is 267 g/mol. The summed E-state index contributed by atoms with van der Waals surface area (Å²) in [6, 6.07) is 2.43. The third-order valence-electron chi connectivity index (χ3n) is 3.48. The Bertz CT molecular complexity index is 535. The highest BCUT2D eigenvalue weighted by molar-refractivity contribution is 5.80. The molecule has 0 aromatic heterocycles. The molecule has 108 valence electrons. The van der Waals surface area contributed by atoms with Crippen molar-refractivity contribution in [1.29, 1.82) is 0 Å². The Morgan fingerprint density at radius 3 is 2.80 bits per heavy atom. The Kier molecular flexibility index (Phi) is 4.16. The zero-order valence-corrected chi connectivity index (χ0v) is 10.8. The van der Waals surface area contributed by atoms with Crippen LogP contribution in [0, 0.1) is 15.9 Å². The first-order valence-corrected chi connectivity index (χ1v) is 6.44. The SMILES string of the molecule is O=C(O)C1CCCCCN1c1ccc(F)cc1[N+](=O)[O-]. The molecule has 6 nitrogen and oxygen atoms in total. The summed E-state index contributed by atoms with van der Waals surface area (Å²) in [4.78, 5) is 23.2. The van der Waals surface area contributed by atoms with Crippen LogP contribution in [0.15, 0.2) is 18.2 Å². The van der Waals surface area contributed by atoms with E-state index in [2.05, 4.69) is 0 Å². The molecule has 1 N–H and O–H groups in total. The fraction of sp³-hybridized carbons (Fsp3) is 0.462. The Balaban J connectivity index is 2.46. The van der Waals surface area contributed by atoms with Gasteiger partial charge in [0.05, 0.1) is 11.0 Å². The highest BCUT2D eigenvalue weighted by Crippen LogP contribution is 2.33. The second-order valence-corrected chi connectivity index (χ2v) is 4.79. The van der Waals surface area contributed by atoms with Crippen LogP contribution < -0.4 is 4.90 Å². The first kappa shape index (κ1) is 14.2. The average Bonchev–Trinajstić information content (AvgIpc) is 2.64. The van der Waals surface area contributed by atoms with Crippen molar-refractivity contribution in [2.45, 2.75) is 31.7 Å². The zero-order chi connectivity index (χ0) is 14.7. The van der Waals surface area contributed by atoms with Gasteiger partial charge in [-0.05, 0) is 25.0 Å². The Labute approximate surface area is 115 Å². The van der Waals surface area contributed by atoms with Crippen molar-refractivity contribution in [2.75, 3.05) is 11.4 Å². The standard InChI is InChI=1S/C13H15FN2O4/c14-9-5-6-10(12(8-9)16(19)20)15-7-3-1-2-4-11(15)13(17)18/h5-6,8,11H,1-4,7H2,(H,17,18). The minimum absolute atomic E-state index is 0.172. The number of nitro groups is 1. The number of carboxylic acids is 1. The van der Waals surface area contributed by atoms with Crippen LogP contribution in [0.2, 0.25) is 0 Å². The molecule has 1 aliphatic rings. The van der Waals surface area contributed by atoms with Gasteiger partial charge in [0, 0.05) is 6.54 Å². The van der Waals surface area contributed by atoms with Gasteiger partial charge in [-0.1, -0.05) is 12.8 Å². The second-order valence-electron chi connectivity index (χ2n) is 4.79. The van der Waals surface area contributed by atoms with Gasteiger partial charge < -0.3 is 10.0 Å². The van der Waals surface area contributed by atoms with E-state index >= 15 is 0 Å². The lowest BCUT2D eigenvalue weighted by Crippen LogP contribution is -2.41. The van der Waals surface area contributed by atoms with E-state index in [0.717, 1.165) is 31.4 Å². The van der Waals surface area contributed by atoms with Gasteiger partial charge in [0.2, 0.25) is 0 Å². The van der Waals surface area contributed by atoms with E-state index in [0.29, 0.717) is 13.0 Å². The van der Waals surface area contributed by atoms with Gasteiger partial charge in [0.15, 0.2) is 0 Å². The van der Waals surface area contributed by atoms with Gasteiger partial charge in [0.1, 0.15) is 17.5 Å². The van der Waals surface area contributed by atoms with Crippen LogP contribution in [-0.4, -0.2) is 28.6 Å². The molecule has 1 aromatic rings. The van der Waals surface area contributed by atoms with Gasteiger partial charge in [0.25, 0.3) is 5.69 Å². The summed E-state index contributed by atoms with van der Waals surface area (Å²) < 4.78 is 13.2. The van der Waals surface area contributed by atoms with Gasteiger partial charge in [-0.2, -0.15) is 0 Å². The number of rotatable bonds is 3. The van der Waals surface area contributed by atoms with E-state index in [4.69, 9.17) is 0 Å². The van der Waals surface area contributed by atoms with E-state index < -0.39 is 28.4 Å². The fourth-order valence-electron chi connectivity index (χ4n) is 2.54. The zero-order valence-electron chi connectivity index (χ0n) is 10.8. The molecule has 0 bridgehead atoms. The van der Waals surface area contributed by atoms with Crippen molar-refractivity contribution in [1.82, 2.24) is 0 Å². The van der Waals surface area contributed by atoms with Crippen molar-refractivity contribution < 1.29 is 19.2 Å². The lowest BCUT2D eigenvalue weighted by Gasteiger charge is -2.28. The number of benzene rings is 1. The molecule has 0 radical (unpaired) electrons. The minimum Gasteiger partial charge on any atom is -0.480 e. The smallest absolute Gasteiger partial charge is 0.326 e. The van der Waals surface area contributed by atoms with Crippen molar-refractivity contribution in [3.05, 3.63) is 34.1 Å². The largest absolute Gasteiger partial charge is 0.480 e. The maximum Gasteiger partial charge on any atom is 0.326 e. The molecule has 2 rings (SSSR count). The number of halogens is 1. The fourth-order valence-corrected chi connectivity index (χ4v) is 2.54. The molecular formula is C13H15FN2O4. The molecule has 1 fully saturated rings. The van der Waals surface area contributed by atoms with Gasteiger partial charge in [-0.15, -0.1) is 0 Å². The highest BCUT2D eigenvalue weighted by Gasteiger charge is 2.31. The number of carbonyl (C=O) groups is 1. The summed E-state index contributed by atoms with van der Waals surface area (Å²) in [5.41, 5.74) is -0.219. The summed E-state index contributed by atoms with van der Waals surface area (Å²) in [5, 5.41) is 20.3. The summed E-state index contributed by atoms with van der Waals surface area (Å²) in [7, 11) is 0. The molecule has 0 saturated carbocycles. The number of hydrogen-bond acceptors (Lipinski definition) is 4. The predicted octanol–water partition coefficient (Wildman–Crippen LogP) is 2.57. The van der Waals surface area contributed by atoms with E-state index in [1.165, 1.54) is 11.0 Å². The molecule has 1 atom stereocenters. The highest BCUT2D eigenvalue weighted by atomic mass is 19.1. The first-order chi connectivity index (χ1) is 9.50. The van der Waals surface area contributed by atoms with Crippen LogP contribution in [0.25, 0.3) is 0 Å². The predicted molar refractivity (Wildman–Crippen MR) is 70.3 cm³/mol. The van der Waals surface area contributed by atoms with E-state index in [-0.39, 0.29) is 5.69 Å². The first-order valence-electron chi connectivity index (χ1n) is 6.44. The van der Waals surface area contributed by atoms with Gasteiger partial charge in [-0.25, -0.2) is 9.18 Å². The van der Waals surface area contributed by atoms with Crippen LogP contribution in [0.5, 0.6) is 0 Å². The summed E-state index contributed by atoms with van der Waals surface area (Å²) >= 11 is 0. The topological polar surface area (TPSA) is 83.7 Å². The van der Waals surface area contributed by atoms with Crippen molar-refractivity contribution in [3.8, 4) is 0 Å². The average molecular weight is 282 g/mol. The molecule has 0 spiro atoms. The number of carboxylic acid groups (broad SMARTS) is 1. The summed E-state index contributed by atoms with van der Waals surface area (Å²) in [6.45, 7) is 0.420. The molecule has 7 heteroatoms. The summed E-state index contributed by atoms with van der Waals surface area (Å²) in [6.07, 6.45) is 2.85.